The molecule has 0 aromatic heterocycles. The Morgan fingerprint density at radius 2 is 1.69 bits per heavy atom. The van der Waals surface area contributed by atoms with Gasteiger partial charge in [-0.05, 0) is 36.0 Å². The van der Waals surface area contributed by atoms with Gasteiger partial charge in [0.1, 0.15) is 11.9 Å². The standard InChI is InChI=1S/C24H31FN2O2/c1-17(23(29)26-5)27(16-19-8-6-7-9-21(19)25)22(28)15-12-18-10-13-20(14-11-18)24(2,3)4/h6-11,13-14,17H,12,15-16H2,1-5H3,(H,26,29)/t17-/m1/s1. The van der Waals surface area contributed by atoms with E-state index in [-0.39, 0.29) is 36.0 Å². The fourth-order valence-electron chi connectivity index (χ4n) is 3.17. The molecule has 0 saturated carbocycles. The number of nitrogens with one attached hydrogen (secondary N) is 1. The van der Waals surface area contributed by atoms with Gasteiger partial charge >= 0.3 is 0 Å². The van der Waals surface area contributed by atoms with Gasteiger partial charge in [-0.3, -0.25) is 9.59 Å². The summed E-state index contributed by atoms with van der Waals surface area (Å²) in [7, 11) is 1.53. The second-order valence-corrected chi connectivity index (χ2v) is 8.35. The van der Waals surface area contributed by atoms with Gasteiger partial charge in [0.25, 0.3) is 0 Å². The van der Waals surface area contributed by atoms with Gasteiger partial charge in [0.15, 0.2) is 0 Å². The first-order valence-corrected chi connectivity index (χ1v) is 9.97. The first-order valence-electron chi connectivity index (χ1n) is 9.97. The van der Waals surface area contributed by atoms with Crippen LogP contribution in [0.2, 0.25) is 0 Å². The molecule has 156 valence electrons. The Hall–Kier alpha value is -2.69. The number of aryl methyl sites for hydroxylation is 1. The number of hydrogen-bond donors (Lipinski definition) is 1. The quantitative estimate of drug-likeness (QED) is 0.759. The zero-order valence-corrected chi connectivity index (χ0v) is 18.0. The maximum absolute atomic E-state index is 14.1. The van der Waals surface area contributed by atoms with Crippen LogP contribution in [0.4, 0.5) is 4.39 Å². The molecule has 0 aliphatic heterocycles. The molecule has 0 aliphatic rings. The highest BCUT2D eigenvalue weighted by Gasteiger charge is 2.26. The Bertz CT molecular complexity index is 841. The van der Waals surface area contributed by atoms with E-state index >= 15 is 0 Å². The van der Waals surface area contributed by atoms with Crippen LogP contribution in [-0.2, 0) is 28.0 Å². The monoisotopic (exact) mass is 398 g/mol. The van der Waals surface area contributed by atoms with Crippen LogP contribution in [0.5, 0.6) is 0 Å². The molecule has 0 radical (unpaired) electrons. The molecule has 0 aliphatic carbocycles. The van der Waals surface area contributed by atoms with Gasteiger partial charge in [-0.25, -0.2) is 4.39 Å². The van der Waals surface area contributed by atoms with Gasteiger partial charge in [-0.15, -0.1) is 0 Å². The minimum atomic E-state index is -0.685. The predicted molar refractivity (Wildman–Crippen MR) is 114 cm³/mol. The molecule has 4 nitrogen and oxygen atoms in total. The van der Waals surface area contributed by atoms with Crippen molar-refractivity contribution in [3.8, 4) is 0 Å². The number of nitrogens with zero attached hydrogens (tertiary/aromatic N) is 1. The lowest BCUT2D eigenvalue weighted by Crippen LogP contribution is -2.46. The van der Waals surface area contributed by atoms with Crippen molar-refractivity contribution >= 4 is 11.8 Å². The highest BCUT2D eigenvalue weighted by Crippen LogP contribution is 2.23. The SMILES string of the molecule is CNC(=O)[C@@H](C)N(Cc1ccccc1F)C(=O)CCc1ccc(C(C)(C)C)cc1. The lowest BCUT2D eigenvalue weighted by atomic mass is 9.86. The second kappa shape index (κ2) is 9.68. The van der Waals surface area contributed by atoms with Crippen molar-refractivity contribution in [1.29, 1.82) is 0 Å². The number of benzene rings is 2. The van der Waals surface area contributed by atoms with Gasteiger partial charge in [-0.2, -0.15) is 0 Å². The summed E-state index contributed by atoms with van der Waals surface area (Å²) in [5, 5.41) is 2.57. The maximum Gasteiger partial charge on any atom is 0.242 e. The molecule has 0 unspecified atom stereocenters. The molecule has 29 heavy (non-hydrogen) atoms. The fourth-order valence-corrected chi connectivity index (χ4v) is 3.17. The Kier molecular flexibility index (Phi) is 7.54. The second-order valence-electron chi connectivity index (χ2n) is 8.35. The minimum absolute atomic E-state index is 0.0586. The van der Waals surface area contributed by atoms with E-state index in [0.29, 0.717) is 12.0 Å². The molecular formula is C24H31FN2O2. The zero-order valence-electron chi connectivity index (χ0n) is 18.0. The largest absolute Gasteiger partial charge is 0.357 e. The van der Waals surface area contributed by atoms with E-state index in [1.807, 2.05) is 12.1 Å². The molecule has 0 saturated heterocycles. The van der Waals surface area contributed by atoms with Crippen LogP contribution in [0.1, 0.15) is 50.8 Å². The summed E-state index contributed by atoms with van der Waals surface area (Å²) < 4.78 is 14.1. The third kappa shape index (κ3) is 6.14. The minimum Gasteiger partial charge on any atom is -0.357 e. The van der Waals surface area contributed by atoms with Crippen LogP contribution in [0.25, 0.3) is 0 Å². The Labute approximate surface area is 173 Å². The number of rotatable bonds is 7. The normalized spacial score (nSPS) is 12.3. The molecule has 0 heterocycles. The van der Waals surface area contributed by atoms with Crippen molar-refractivity contribution in [3.63, 3.8) is 0 Å². The van der Waals surface area contributed by atoms with Crippen molar-refractivity contribution in [2.75, 3.05) is 7.05 Å². The molecular weight excluding hydrogens is 367 g/mol. The molecule has 1 N–H and O–H groups in total. The molecule has 0 spiro atoms. The van der Waals surface area contributed by atoms with Crippen LogP contribution >= 0.6 is 0 Å². The Morgan fingerprint density at radius 3 is 2.24 bits per heavy atom. The average molecular weight is 399 g/mol. The summed E-state index contributed by atoms with van der Waals surface area (Å²) in [6, 6.07) is 13.9. The van der Waals surface area contributed by atoms with Crippen LogP contribution in [0, 0.1) is 5.82 Å². The smallest absolute Gasteiger partial charge is 0.242 e. The summed E-state index contributed by atoms with van der Waals surface area (Å²) in [5.41, 5.74) is 2.77. The summed E-state index contributed by atoms with van der Waals surface area (Å²) in [6.45, 7) is 8.20. The van der Waals surface area contributed by atoms with Crippen molar-refractivity contribution in [3.05, 3.63) is 71.0 Å². The summed E-state index contributed by atoms with van der Waals surface area (Å²) in [5.74, 6) is -0.833. The topological polar surface area (TPSA) is 49.4 Å². The van der Waals surface area contributed by atoms with Gasteiger partial charge in [0.05, 0.1) is 0 Å². The van der Waals surface area contributed by atoms with Gasteiger partial charge in [-0.1, -0.05) is 63.2 Å². The van der Waals surface area contributed by atoms with E-state index in [9.17, 15) is 14.0 Å². The Balaban J connectivity index is 2.12. The van der Waals surface area contributed by atoms with E-state index in [4.69, 9.17) is 0 Å². The number of carbonyl (C=O) groups is 2. The fraction of sp³-hybridized carbons (Fsp3) is 0.417. The zero-order chi connectivity index (χ0) is 21.6. The maximum atomic E-state index is 14.1. The van der Waals surface area contributed by atoms with E-state index in [1.165, 1.54) is 23.6 Å². The number of halogens is 1. The molecule has 2 aromatic carbocycles. The van der Waals surface area contributed by atoms with E-state index < -0.39 is 6.04 Å². The van der Waals surface area contributed by atoms with Gasteiger partial charge in [0.2, 0.25) is 11.8 Å². The van der Waals surface area contributed by atoms with Gasteiger partial charge < -0.3 is 10.2 Å². The van der Waals surface area contributed by atoms with Crippen molar-refractivity contribution in [1.82, 2.24) is 10.2 Å². The molecule has 2 amide bonds. The van der Waals surface area contributed by atoms with E-state index in [2.05, 4.69) is 38.2 Å². The lowest BCUT2D eigenvalue weighted by molar-refractivity contribution is -0.140. The van der Waals surface area contributed by atoms with Crippen molar-refractivity contribution in [2.24, 2.45) is 0 Å². The number of likely N-dealkylation sites (N-methyl/N-ethyl adjacent to an activating group) is 1. The van der Waals surface area contributed by atoms with Crippen LogP contribution < -0.4 is 5.32 Å². The number of amides is 2. The van der Waals surface area contributed by atoms with Gasteiger partial charge in [0, 0.05) is 25.6 Å². The molecule has 0 bridgehead atoms. The third-order valence-corrected chi connectivity index (χ3v) is 5.16. The lowest BCUT2D eigenvalue weighted by Gasteiger charge is -2.28. The highest BCUT2D eigenvalue weighted by molar-refractivity contribution is 5.87. The van der Waals surface area contributed by atoms with E-state index in [0.717, 1.165) is 5.56 Å². The van der Waals surface area contributed by atoms with Crippen molar-refractivity contribution in [2.45, 2.75) is 58.5 Å². The first kappa shape index (κ1) is 22.6. The van der Waals surface area contributed by atoms with E-state index in [1.54, 1.807) is 25.1 Å². The number of carbonyl (C=O) groups excluding carboxylic acids is 2. The van der Waals surface area contributed by atoms with Crippen LogP contribution in [0.3, 0.4) is 0 Å². The highest BCUT2D eigenvalue weighted by atomic mass is 19.1. The summed E-state index contributed by atoms with van der Waals surface area (Å²) >= 11 is 0. The molecule has 2 aromatic rings. The Morgan fingerprint density at radius 1 is 1.07 bits per heavy atom. The molecule has 0 fully saturated rings. The molecule has 1 atom stereocenters. The summed E-state index contributed by atoms with van der Waals surface area (Å²) in [6.07, 6.45) is 0.822. The molecule has 2 rings (SSSR count). The summed E-state index contributed by atoms with van der Waals surface area (Å²) in [4.78, 5) is 26.5. The molecule has 5 heteroatoms. The van der Waals surface area contributed by atoms with Crippen molar-refractivity contribution < 1.29 is 14.0 Å². The number of hydrogen-bond acceptors (Lipinski definition) is 2. The predicted octanol–water partition coefficient (Wildman–Crippen LogP) is 4.22. The third-order valence-electron chi connectivity index (χ3n) is 5.16. The van der Waals surface area contributed by atoms with Crippen LogP contribution in [0.15, 0.2) is 48.5 Å². The van der Waals surface area contributed by atoms with Crippen LogP contribution in [-0.4, -0.2) is 29.8 Å². The average Bonchev–Trinajstić information content (AvgIpc) is 2.70. The first-order chi connectivity index (χ1) is 13.6.